The predicted molar refractivity (Wildman–Crippen MR) is 148 cm³/mol. The molecule has 0 spiro atoms. The van der Waals surface area contributed by atoms with Gasteiger partial charge in [-0.2, -0.15) is 11.8 Å². The van der Waals surface area contributed by atoms with Gasteiger partial charge in [0, 0.05) is 17.1 Å². The molecule has 4 atom stereocenters. The minimum absolute atomic E-state index is 0. The molecule has 38 heavy (non-hydrogen) atoms. The Morgan fingerprint density at radius 3 is 2.26 bits per heavy atom. The van der Waals surface area contributed by atoms with Crippen LogP contribution in [-0.4, -0.2) is 75.9 Å². The van der Waals surface area contributed by atoms with E-state index in [4.69, 9.17) is 11.5 Å². The van der Waals surface area contributed by atoms with Crippen molar-refractivity contribution in [2.45, 2.75) is 56.8 Å². The fourth-order valence-electron chi connectivity index (χ4n) is 3.56. The molecule has 0 aliphatic heterocycles. The van der Waals surface area contributed by atoms with E-state index in [1.807, 2.05) is 35.8 Å². The van der Waals surface area contributed by atoms with E-state index in [9.17, 15) is 29.1 Å². The van der Waals surface area contributed by atoms with Gasteiger partial charge in [0.2, 0.25) is 23.6 Å². The summed E-state index contributed by atoms with van der Waals surface area (Å²) in [5, 5.41) is 17.1. The van der Waals surface area contributed by atoms with Gasteiger partial charge in [-0.3, -0.25) is 29.3 Å². The van der Waals surface area contributed by atoms with Crippen LogP contribution < -0.4 is 27.4 Å². The van der Waals surface area contributed by atoms with Crippen LogP contribution in [-0.2, 0) is 30.4 Å². The van der Waals surface area contributed by atoms with Crippen LogP contribution in [0.5, 0.6) is 0 Å². The summed E-state index contributed by atoms with van der Waals surface area (Å²) in [6, 6.07) is 3.02. The number of rotatable bonds is 14. The second-order valence-electron chi connectivity index (χ2n) is 8.54. The average molecular weight is 571 g/mol. The van der Waals surface area contributed by atoms with Crippen LogP contribution in [0.25, 0.3) is 10.9 Å². The van der Waals surface area contributed by atoms with E-state index in [1.54, 1.807) is 13.1 Å². The van der Waals surface area contributed by atoms with E-state index >= 15 is 0 Å². The normalized spacial score (nSPS) is 13.9. The minimum atomic E-state index is -1.55. The number of carboxylic acids is 1. The van der Waals surface area contributed by atoms with Crippen LogP contribution in [0.1, 0.15) is 31.7 Å². The molecule has 0 radical (unpaired) electrons. The smallest absolute Gasteiger partial charge is 0.305 e. The Labute approximate surface area is 230 Å². The Morgan fingerprint density at radius 2 is 1.63 bits per heavy atom. The van der Waals surface area contributed by atoms with Crippen molar-refractivity contribution in [1.82, 2.24) is 20.9 Å². The number of halogens is 1. The third-order valence-corrected chi connectivity index (χ3v) is 6.37. The number of carbonyl (C=O) groups excluding carboxylic acids is 4. The van der Waals surface area contributed by atoms with Crippen molar-refractivity contribution in [3.63, 3.8) is 0 Å². The molecule has 1 aromatic heterocycles. The summed E-state index contributed by atoms with van der Waals surface area (Å²) >= 11 is 1.44. The second kappa shape index (κ2) is 16.0. The number of hydrogen-bond acceptors (Lipinski definition) is 8. The molecular formula is C24H35ClN6O6S. The number of thioether (sulfide) groups is 1. The van der Waals surface area contributed by atoms with E-state index in [0.29, 0.717) is 5.75 Å². The number of H-pyrrole nitrogens is 1. The molecule has 1 unspecified atom stereocenters. The van der Waals surface area contributed by atoms with Crippen LogP contribution in [0.15, 0.2) is 30.5 Å². The van der Waals surface area contributed by atoms with E-state index in [0.717, 1.165) is 16.5 Å². The lowest BCUT2D eigenvalue weighted by Gasteiger charge is -2.23. The lowest BCUT2D eigenvalue weighted by molar-refractivity contribution is -0.142. The summed E-state index contributed by atoms with van der Waals surface area (Å²) in [6.45, 7) is 1.65. The molecule has 0 bridgehead atoms. The van der Waals surface area contributed by atoms with E-state index in [2.05, 4.69) is 15.6 Å². The van der Waals surface area contributed by atoms with Crippen molar-refractivity contribution in [1.29, 1.82) is 0 Å². The molecule has 2 rings (SSSR count). The quantitative estimate of drug-likeness (QED) is 0.163. The maximum absolute atomic E-state index is 13.0. The van der Waals surface area contributed by atoms with Crippen LogP contribution in [0.2, 0.25) is 0 Å². The fourth-order valence-corrected chi connectivity index (χ4v) is 4.03. The Hall–Kier alpha value is -3.13. The monoisotopic (exact) mass is 570 g/mol. The highest BCUT2D eigenvalue weighted by Gasteiger charge is 2.30. The molecule has 2 aromatic rings. The van der Waals surface area contributed by atoms with Crippen LogP contribution in [0.4, 0.5) is 0 Å². The molecule has 0 saturated carbocycles. The van der Waals surface area contributed by atoms with Crippen molar-refractivity contribution >= 4 is 64.7 Å². The van der Waals surface area contributed by atoms with E-state index in [1.165, 1.54) is 11.8 Å². The number of amides is 4. The topological polar surface area (TPSA) is 210 Å². The number of aliphatic carboxylic acids is 1. The zero-order valence-electron chi connectivity index (χ0n) is 21.2. The van der Waals surface area contributed by atoms with Gasteiger partial charge in [0.25, 0.3) is 0 Å². The number of para-hydroxylation sites is 1. The predicted octanol–water partition coefficient (Wildman–Crippen LogP) is 0.0370. The Morgan fingerprint density at radius 1 is 0.974 bits per heavy atom. The van der Waals surface area contributed by atoms with Gasteiger partial charge >= 0.3 is 5.97 Å². The van der Waals surface area contributed by atoms with Gasteiger partial charge in [-0.15, -0.1) is 12.4 Å². The lowest BCUT2D eigenvalue weighted by atomic mass is 10.0. The van der Waals surface area contributed by atoms with Crippen LogP contribution >= 0.6 is 24.2 Å². The van der Waals surface area contributed by atoms with Crippen molar-refractivity contribution in [2.24, 2.45) is 11.5 Å². The molecule has 0 saturated heterocycles. The number of fused-ring (bicyclic) bond motifs is 1. The molecule has 0 aliphatic carbocycles. The van der Waals surface area contributed by atoms with E-state index < -0.39 is 60.2 Å². The number of hydrogen-bond donors (Lipinski definition) is 7. The summed E-state index contributed by atoms with van der Waals surface area (Å²) in [7, 11) is 0. The molecule has 0 fully saturated rings. The minimum Gasteiger partial charge on any atom is -0.481 e. The van der Waals surface area contributed by atoms with Crippen LogP contribution in [0.3, 0.4) is 0 Å². The Balaban J connectivity index is 0.00000722. The number of imide groups is 1. The summed E-state index contributed by atoms with van der Waals surface area (Å²) < 4.78 is 0. The highest BCUT2D eigenvalue weighted by Crippen LogP contribution is 2.18. The standard InChI is InChI=1S/C24H34N6O6S.ClH/c1-3-15(25)21(33)30-24(36)19(11-20(31)32)29-23(35)18(8-9-37-2)28-22(34)16(26)10-13-12-27-17-7-5-4-6-14(13)17;/h4-7,12,15-16,18-19,27H,3,8-11,25-26H2,1-2H3,(H,28,34)(H,29,35)(H,31,32)(H,30,33,36);1H/t15?,16-,18-,19-;/m0./s1. The van der Waals surface area contributed by atoms with Gasteiger partial charge in [0.05, 0.1) is 18.5 Å². The zero-order valence-corrected chi connectivity index (χ0v) is 22.8. The number of carbonyl (C=O) groups is 5. The largest absolute Gasteiger partial charge is 0.481 e. The molecule has 9 N–H and O–H groups in total. The Bertz CT molecular complexity index is 1130. The number of carboxylic acid groups (broad SMARTS) is 1. The average Bonchev–Trinajstić information content (AvgIpc) is 3.27. The molecule has 12 nitrogen and oxygen atoms in total. The third-order valence-electron chi connectivity index (χ3n) is 5.73. The van der Waals surface area contributed by atoms with Crippen molar-refractivity contribution in [3.8, 4) is 0 Å². The first kappa shape index (κ1) is 32.9. The molecule has 4 amide bonds. The molecule has 14 heteroatoms. The SMILES string of the molecule is CCC(N)C(=O)NC(=O)[C@H](CC(=O)O)NC(=O)[C@H](CCSC)NC(=O)[C@@H](N)Cc1c[nH]c2ccccc12.Cl. The highest BCUT2D eigenvalue weighted by atomic mass is 35.5. The summed E-state index contributed by atoms with van der Waals surface area (Å²) in [4.78, 5) is 64.8. The first-order valence-corrected chi connectivity index (χ1v) is 13.2. The molecule has 0 aliphatic rings. The number of nitrogens with one attached hydrogen (secondary N) is 4. The first-order chi connectivity index (χ1) is 17.6. The second-order valence-corrected chi connectivity index (χ2v) is 9.53. The van der Waals surface area contributed by atoms with Gasteiger partial charge < -0.3 is 32.2 Å². The van der Waals surface area contributed by atoms with Gasteiger partial charge in [-0.05, 0) is 42.9 Å². The maximum Gasteiger partial charge on any atom is 0.305 e. The summed E-state index contributed by atoms with van der Waals surface area (Å²) in [5.41, 5.74) is 13.5. The molecule has 210 valence electrons. The summed E-state index contributed by atoms with van der Waals surface area (Å²) in [5.74, 6) is -4.00. The van der Waals surface area contributed by atoms with Gasteiger partial charge in [0.1, 0.15) is 12.1 Å². The summed E-state index contributed by atoms with van der Waals surface area (Å²) in [6.07, 6.45) is 3.52. The van der Waals surface area contributed by atoms with Crippen molar-refractivity contribution in [3.05, 3.63) is 36.0 Å². The maximum atomic E-state index is 13.0. The van der Waals surface area contributed by atoms with Crippen molar-refractivity contribution < 1.29 is 29.1 Å². The number of aromatic amines is 1. The van der Waals surface area contributed by atoms with E-state index in [-0.39, 0.29) is 31.7 Å². The molecular weight excluding hydrogens is 536 g/mol. The molecule has 1 heterocycles. The van der Waals surface area contributed by atoms with Crippen molar-refractivity contribution in [2.75, 3.05) is 12.0 Å². The lowest BCUT2D eigenvalue weighted by Crippen LogP contribution is -2.57. The van der Waals surface area contributed by atoms with Gasteiger partial charge in [0.15, 0.2) is 0 Å². The van der Waals surface area contributed by atoms with Crippen LogP contribution in [0, 0.1) is 0 Å². The molecule has 1 aromatic carbocycles. The Kier molecular flexibility index (Phi) is 13.8. The third kappa shape index (κ3) is 9.63. The van der Waals surface area contributed by atoms with Gasteiger partial charge in [-0.25, -0.2) is 0 Å². The van der Waals surface area contributed by atoms with Gasteiger partial charge in [-0.1, -0.05) is 25.1 Å². The number of benzene rings is 1. The number of aromatic nitrogens is 1. The first-order valence-electron chi connectivity index (χ1n) is 11.8. The highest BCUT2D eigenvalue weighted by molar-refractivity contribution is 7.98. The number of nitrogens with two attached hydrogens (primary N) is 2. The fraction of sp³-hybridized carbons (Fsp3) is 0.458. The zero-order chi connectivity index (χ0) is 27.5.